The normalized spacial score (nSPS) is 15.6. The van der Waals surface area contributed by atoms with E-state index in [0.29, 0.717) is 17.9 Å². The average molecular weight is 472 g/mol. The molecule has 4 rings (SSSR count). The third-order valence-corrected chi connectivity index (χ3v) is 6.91. The van der Waals surface area contributed by atoms with Crippen molar-refractivity contribution >= 4 is 40.2 Å². The van der Waals surface area contributed by atoms with Crippen molar-refractivity contribution in [3.8, 4) is 0 Å². The molecule has 1 atom stereocenters. The summed E-state index contributed by atoms with van der Waals surface area (Å²) in [6.07, 6.45) is 0.523. The first-order valence-corrected chi connectivity index (χ1v) is 11.8. The number of ether oxygens (including phenoxy) is 1. The lowest BCUT2D eigenvalue weighted by atomic mass is 10.0. The maximum absolute atomic E-state index is 13.5. The van der Waals surface area contributed by atoms with Crippen LogP contribution in [-0.4, -0.2) is 54.2 Å². The smallest absolute Gasteiger partial charge is 0.264 e. The third kappa shape index (κ3) is 4.95. The minimum Gasteiger partial charge on any atom is -0.383 e. The largest absolute Gasteiger partial charge is 0.383 e. The van der Waals surface area contributed by atoms with Crippen LogP contribution in [0.2, 0.25) is 0 Å². The highest BCUT2D eigenvalue weighted by Crippen LogP contribution is 2.34. The molecule has 0 radical (unpaired) electrons. The zero-order valence-corrected chi connectivity index (χ0v) is 19.1. The topological polar surface area (TPSA) is 62.2 Å². The van der Waals surface area contributed by atoms with Crippen LogP contribution >= 0.6 is 22.7 Å². The number of hydrogen-bond acceptors (Lipinski definition) is 6. The Balaban J connectivity index is 1.59. The van der Waals surface area contributed by atoms with Crippen LogP contribution in [-0.2, 0) is 9.53 Å². The summed E-state index contributed by atoms with van der Waals surface area (Å²) in [5, 5.41) is 9.84. The summed E-state index contributed by atoms with van der Waals surface area (Å²) in [5.41, 5.74) is 1.60. The fourth-order valence-corrected chi connectivity index (χ4v) is 4.93. The standard InChI is InChI=1S/C23H22FN3O3S2/c1-30-11-10-26(23(29)21-5-3-13-32-21)15-22(28)27-19(16-6-8-17(24)9-7-16)14-18(25-27)20-4-2-12-31-20/h2-9,12-13,19H,10-11,14-15H2,1H3/t19-/m0/s1. The second-order valence-corrected chi connectivity index (χ2v) is 9.13. The SMILES string of the molecule is COCCN(CC(=O)N1N=C(c2cccs2)C[C@H]1c1ccc(F)cc1)C(=O)c1cccs1. The van der Waals surface area contributed by atoms with Crippen molar-refractivity contribution in [3.63, 3.8) is 0 Å². The van der Waals surface area contributed by atoms with Crippen molar-refractivity contribution in [1.29, 1.82) is 0 Å². The summed E-state index contributed by atoms with van der Waals surface area (Å²) < 4.78 is 18.6. The fraction of sp³-hybridized carbons (Fsp3) is 0.261. The van der Waals surface area contributed by atoms with Gasteiger partial charge in [-0.2, -0.15) is 5.10 Å². The molecule has 0 unspecified atom stereocenters. The molecule has 166 valence electrons. The van der Waals surface area contributed by atoms with E-state index in [0.717, 1.165) is 16.2 Å². The van der Waals surface area contributed by atoms with Gasteiger partial charge in [-0.1, -0.05) is 24.3 Å². The van der Waals surface area contributed by atoms with Crippen LogP contribution in [0.5, 0.6) is 0 Å². The van der Waals surface area contributed by atoms with E-state index in [1.54, 1.807) is 42.7 Å². The predicted molar refractivity (Wildman–Crippen MR) is 124 cm³/mol. The van der Waals surface area contributed by atoms with Gasteiger partial charge in [0.25, 0.3) is 11.8 Å². The maximum Gasteiger partial charge on any atom is 0.264 e. The summed E-state index contributed by atoms with van der Waals surface area (Å²) in [7, 11) is 1.55. The van der Waals surface area contributed by atoms with Crippen LogP contribution in [0.4, 0.5) is 4.39 Å². The fourth-order valence-electron chi connectivity index (χ4n) is 3.52. The lowest BCUT2D eigenvalue weighted by molar-refractivity contribution is -0.133. The Hall–Kier alpha value is -2.88. The first kappa shape index (κ1) is 22.3. The quantitative estimate of drug-likeness (QED) is 0.489. The van der Waals surface area contributed by atoms with E-state index in [1.165, 1.54) is 33.4 Å². The van der Waals surface area contributed by atoms with Gasteiger partial charge in [0.05, 0.1) is 28.1 Å². The summed E-state index contributed by atoms with van der Waals surface area (Å²) in [4.78, 5) is 29.3. The van der Waals surface area contributed by atoms with E-state index < -0.39 is 0 Å². The van der Waals surface area contributed by atoms with E-state index in [4.69, 9.17) is 4.74 Å². The molecule has 0 fully saturated rings. The number of carbonyl (C=O) groups is 2. The molecular weight excluding hydrogens is 449 g/mol. The summed E-state index contributed by atoms with van der Waals surface area (Å²) >= 11 is 2.88. The molecule has 2 amide bonds. The number of thiophene rings is 2. The van der Waals surface area contributed by atoms with Crippen molar-refractivity contribution in [2.24, 2.45) is 5.10 Å². The van der Waals surface area contributed by atoms with Gasteiger partial charge in [-0.05, 0) is 40.6 Å². The molecule has 3 heterocycles. The molecule has 9 heteroatoms. The molecule has 3 aromatic rings. The molecule has 6 nitrogen and oxygen atoms in total. The van der Waals surface area contributed by atoms with Crippen LogP contribution < -0.4 is 0 Å². The molecule has 0 saturated carbocycles. The molecule has 1 aliphatic heterocycles. The van der Waals surface area contributed by atoms with Gasteiger partial charge >= 0.3 is 0 Å². The zero-order valence-electron chi connectivity index (χ0n) is 17.4. The summed E-state index contributed by atoms with van der Waals surface area (Å²) in [5.74, 6) is -0.853. The molecule has 0 saturated heterocycles. The van der Waals surface area contributed by atoms with E-state index in [-0.39, 0.29) is 36.8 Å². The summed E-state index contributed by atoms with van der Waals surface area (Å²) in [6, 6.07) is 13.2. The molecule has 2 aromatic heterocycles. The molecule has 0 spiro atoms. The van der Waals surface area contributed by atoms with Gasteiger partial charge in [-0.25, -0.2) is 9.40 Å². The lowest BCUT2D eigenvalue weighted by Gasteiger charge is -2.26. The Morgan fingerprint density at radius 3 is 2.56 bits per heavy atom. The van der Waals surface area contributed by atoms with Crippen molar-refractivity contribution in [3.05, 3.63) is 80.4 Å². The Labute approximate surface area is 193 Å². The second-order valence-electron chi connectivity index (χ2n) is 7.23. The first-order valence-electron chi connectivity index (χ1n) is 10.1. The maximum atomic E-state index is 13.5. The van der Waals surface area contributed by atoms with Crippen molar-refractivity contribution in [2.45, 2.75) is 12.5 Å². The number of nitrogens with zero attached hydrogens (tertiary/aromatic N) is 3. The molecule has 0 aliphatic carbocycles. The van der Waals surface area contributed by atoms with Gasteiger partial charge in [0.2, 0.25) is 0 Å². The minimum atomic E-state index is -0.360. The first-order chi connectivity index (χ1) is 15.6. The van der Waals surface area contributed by atoms with E-state index >= 15 is 0 Å². The monoisotopic (exact) mass is 471 g/mol. The second kappa shape index (κ2) is 10.2. The number of hydrazone groups is 1. The summed E-state index contributed by atoms with van der Waals surface area (Å²) in [6.45, 7) is 0.476. The van der Waals surface area contributed by atoms with Gasteiger partial charge in [0.15, 0.2) is 0 Å². The molecule has 0 N–H and O–H groups in total. The number of amides is 2. The van der Waals surface area contributed by atoms with Crippen LogP contribution in [0.25, 0.3) is 0 Å². The Morgan fingerprint density at radius 1 is 1.16 bits per heavy atom. The number of hydrogen-bond donors (Lipinski definition) is 0. The highest BCUT2D eigenvalue weighted by molar-refractivity contribution is 7.12. The number of carbonyl (C=O) groups excluding carboxylic acids is 2. The van der Waals surface area contributed by atoms with Crippen LogP contribution in [0.1, 0.15) is 32.6 Å². The van der Waals surface area contributed by atoms with E-state index in [2.05, 4.69) is 5.10 Å². The lowest BCUT2D eigenvalue weighted by Crippen LogP contribution is -2.42. The molecule has 32 heavy (non-hydrogen) atoms. The van der Waals surface area contributed by atoms with Gasteiger partial charge in [0.1, 0.15) is 12.4 Å². The Kier molecular flexibility index (Phi) is 7.09. The molecule has 1 aliphatic rings. The van der Waals surface area contributed by atoms with Crippen LogP contribution in [0.3, 0.4) is 0 Å². The number of methoxy groups -OCH3 is 1. The number of rotatable bonds is 8. The van der Waals surface area contributed by atoms with E-state index in [9.17, 15) is 14.0 Å². The highest BCUT2D eigenvalue weighted by Gasteiger charge is 2.34. The van der Waals surface area contributed by atoms with Gasteiger partial charge in [-0.15, -0.1) is 22.7 Å². The Bertz CT molecular complexity index is 1080. The Morgan fingerprint density at radius 2 is 1.91 bits per heavy atom. The highest BCUT2D eigenvalue weighted by atomic mass is 32.1. The van der Waals surface area contributed by atoms with Gasteiger partial charge < -0.3 is 9.64 Å². The zero-order chi connectivity index (χ0) is 22.5. The van der Waals surface area contributed by atoms with Crippen LogP contribution in [0.15, 0.2) is 64.4 Å². The third-order valence-electron chi connectivity index (χ3n) is 5.14. The van der Waals surface area contributed by atoms with Crippen molar-refractivity contribution in [2.75, 3.05) is 26.8 Å². The van der Waals surface area contributed by atoms with Crippen LogP contribution in [0, 0.1) is 5.82 Å². The molecular formula is C23H22FN3O3S2. The average Bonchev–Trinajstić information content (AvgIpc) is 3.57. The van der Waals surface area contributed by atoms with Crippen molar-refractivity contribution < 1.29 is 18.7 Å². The molecule has 1 aromatic carbocycles. The number of halogens is 1. The van der Waals surface area contributed by atoms with Crippen molar-refractivity contribution in [1.82, 2.24) is 9.91 Å². The molecule has 0 bridgehead atoms. The predicted octanol–water partition coefficient (Wildman–Crippen LogP) is 4.42. The van der Waals surface area contributed by atoms with E-state index in [1.807, 2.05) is 22.9 Å². The van der Waals surface area contributed by atoms with Gasteiger partial charge in [-0.3, -0.25) is 9.59 Å². The van der Waals surface area contributed by atoms with Gasteiger partial charge in [0, 0.05) is 20.1 Å². The minimum absolute atomic E-state index is 0.126. The number of benzene rings is 1.